The first kappa shape index (κ1) is 17.4. The average Bonchev–Trinajstić information content (AvgIpc) is 2.43. The second kappa shape index (κ2) is 7.93. The molecule has 20 heavy (non-hydrogen) atoms. The number of hydrogen-bond acceptors (Lipinski definition) is 2. The Bertz CT molecular complexity index is 460. The summed E-state index contributed by atoms with van der Waals surface area (Å²) in [6.07, 6.45) is 2.13. The van der Waals surface area contributed by atoms with Crippen LogP contribution in [0.1, 0.15) is 32.4 Å². The molecule has 1 atom stereocenters. The first-order valence-electron chi connectivity index (χ1n) is 6.66. The number of thioether (sulfide) groups is 1. The second-order valence-electron chi connectivity index (χ2n) is 5.28. The van der Waals surface area contributed by atoms with Crippen molar-refractivity contribution in [2.75, 3.05) is 19.8 Å². The minimum Gasteiger partial charge on any atom is -0.355 e. The summed E-state index contributed by atoms with van der Waals surface area (Å²) in [6, 6.07) is 8.43. The standard InChI is InChI=1S/C15H24BrN3S/c1-11(12-8-6-7-9-13(12)16)19-14(17-4)18-10-15(2,3)20-5/h6-9,11H,10H2,1-5H3,(H2,17,18,19). The van der Waals surface area contributed by atoms with Crippen LogP contribution in [0.4, 0.5) is 0 Å². The number of rotatable bonds is 5. The lowest BCUT2D eigenvalue weighted by Crippen LogP contribution is -2.44. The molecule has 0 heterocycles. The van der Waals surface area contributed by atoms with Crippen molar-refractivity contribution >= 4 is 33.7 Å². The van der Waals surface area contributed by atoms with Crippen molar-refractivity contribution in [3.05, 3.63) is 34.3 Å². The highest BCUT2D eigenvalue weighted by Gasteiger charge is 2.17. The lowest BCUT2D eigenvalue weighted by Gasteiger charge is -2.25. The number of benzene rings is 1. The highest BCUT2D eigenvalue weighted by atomic mass is 79.9. The van der Waals surface area contributed by atoms with Crippen molar-refractivity contribution in [3.8, 4) is 0 Å². The first-order chi connectivity index (χ1) is 9.39. The summed E-state index contributed by atoms with van der Waals surface area (Å²) >= 11 is 5.43. The summed E-state index contributed by atoms with van der Waals surface area (Å²) in [4.78, 5) is 4.29. The van der Waals surface area contributed by atoms with Gasteiger partial charge in [0.25, 0.3) is 0 Å². The number of halogens is 1. The van der Waals surface area contributed by atoms with Gasteiger partial charge in [-0.05, 0) is 38.7 Å². The Hall–Kier alpha value is -0.680. The molecular formula is C15H24BrN3S. The van der Waals surface area contributed by atoms with E-state index in [0.717, 1.165) is 17.0 Å². The highest BCUT2D eigenvalue weighted by molar-refractivity contribution is 9.10. The predicted octanol–water partition coefficient (Wildman–Crippen LogP) is 3.82. The number of nitrogens with zero attached hydrogens (tertiary/aromatic N) is 1. The summed E-state index contributed by atoms with van der Waals surface area (Å²) in [5.74, 6) is 0.829. The Labute approximate surface area is 135 Å². The molecule has 0 bridgehead atoms. The molecule has 0 aliphatic carbocycles. The van der Waals surface area contributed by atoms with Crippen molar-refractivity contribution in [1.82, 2.24) is 10.6 Å². The van der Waals surface area contributed by atoms with Crippen LogP contribution in [0, 0.1) is 0 Å². The third-order valence-electron chi connectivity index (χ3n) is 3.18. The van der Waals surface area contributed by atoms with Crippen molar-refractivity contribution in [2.24, 2.45) is 4.99 Å². The van der Waals surface area contributed by atoms with Crippen LogP contribution in [-0.4, -0.2) is 30.6 Å². The average molecular weight is 358 g/mol. The van der Waals surface area contributed by atoms with Crippen LogP contribution < -0.4 is 10.6 Å². The number of nitrogens with one attached hydrogen (secondary N) is 2. The molecule has 0 amide bonds. The molecule has 2 N–H and O–H groups in total. The molecule has 0 aromatic heterocycles. The zero-order valence-electron chi connectivity index (χ0n) is 12.8. The van der Waals surface area contributed by atoms with Crippen LogP contribution in [0.3, 0.4) is 0 Å². The third-order valence-corrected chi connectivity index (χ3v) is 5.15. The van der Waals surface area contributed by atoms with E-state index in [1.807, 2.05) is 23.9 Å². The van der Waals surface area contributed by atoms with E-state index >= 15 is 0 Å². The van der Waals surface area contributed by atoms with Crippen LogP contribution in [0.2, 0.25) is 0 Å². The van der Waals surface area contributed by atoms with Gasteiger partial charge in [0.1, 0.15) is 0 Å². The second-order valence-corrected chi connectivity index (χ2v) is 7.64. The van der Waals surface area contributed by atoms with Gasteiger partial charge in [0, 0.05) is 22.8 Å². The molecule has 112 valence electrons. The third kappa shape index (κ3) is 5.37. The monoisotopic (exact) mass is 357 g/mol. The quantitative estimate of drug-likeness (QED) is 0.621. The fraction of sp³-hybridized carbons (Fsp3) is 0.533. The van der Waals surface area contributed by atoms with Crippen molar-refractivity contribution < 1.29 is 0 Å². The number of aliphatic imine (C=N–C) groups is 1. The number of hydrogen-bond donors (Lipinski definition) is 2. The van der Waals surface area contributed by atoms with Gasteiger partial charge in [-0.15, -0.1) is 0 Å². The van der Waals surface area contributed by atoms with E-state index in [1.165, 1.54) is 5.56 Å². The van der Waals surface area contributed by atoms with E-state index in [9.17, 15) is 0 Å². The molecule has 1 unspecified atom stereocenters. The molecule has 0 saturated heterocycles. The summed E-state index contributed by atoms with van der Waals surface area (Å²) in [5, 5.41) is 6.80. The predicted molar refractivity (Wildman–Crippen MR) is 94.6 cm³/mol. The van der Waals surface area contributed by atoms with Crippen molar-refractivity contribution in [1.29, 1.82) is 0 Å². The fourth-order valence-corrected chi connectivity index (χ4v) is 2.52. The largest absolute Gasteiger partial charge is 0.355 e. The molecule has 0 saturated carbocycles. The summed E-state index contributed by atoms with van der Waals surface area (Å²) < 4.78 is 1.30. The van der Waals surface area contributed by atoms with E-state index in [0.29, 0.717) is 0 Å². The van der Waals surface area contributed by atoms with Gasteiger partial charge in [-0.2, -0.15) is 11.8 Å². The Balaban J connectivity index is 2.64. The maximum Gasteiger partial charge on any atom is 0.191 e. The Morgan fingerprint density at radius 1 is 1.40 bits per heavy atom. The van der Waals surface area contributed by atoms with Gasteiger partial charge >= 0.3 is 0 Å². The SMILES string of the molecule is CN=C(NCC(C)(C)SC)NC(C)c1ccccc1Br. The maximum absolute atomic E-state index is 4.29. The molecule has 0 aliphatic heterocycles. The lowest BCUT2D eigenvalue weighted by atomic mass is 10.1. The summed E-state index contributed by atoms with van der Waals surface area (Å²) in [5.41, 5.74) is 1.22. The van der Waals surface area contributed by atoms with E-state index < -0.39 is 0 Å². The number of guanidine groups is 1. The highest BCUT2D eigenvalue weighted by Crippen LogP contribution is 2.23. The van der Waals surface area contributed by atoms with Gasteiger partial charge in [0.15, 0.2) is 5.96 Å². The topological polar surface area (TPSA) is 36.4 Å². The van der Waals surface area contributed by atoms with Gasteiger partial charge in [0.05, 0.1) is 6.04 Å². The molecule has 0 fully saturated rings. The van der Waals surface area contributed by atoms with Crippen LogP contribution in [0.25, 0.3) is 0 Å². The molecule has 1 aromatic carbocycles. The van der Waals surface area contributed by atoms with E-state index in [-0.39, 0.29) is 10.8 Å². The molecule has 5 heteroatoms. The van der Waals surface area contributed by atoms with Gasteiger partial charge in [-0.25, -0.2) is 0 Å². The lowest BCUT2D eigenvalue weighted by molar-refractivity contribution is 0.638. The first-order valence-corrected chi connectivity index (χ1v) is 8.68. The summed E-state index contributed by atoms with van der Waals surface area (Å²) in [7, 11) is 1.80. The van der Waals surface area contributed by atoms with E-state index in [1.54, 1.807) is 7.05 Å². The van der Waals surface area contributed by atoms with Crippen LogP contribution in [0.5, 0.6) is 0 Å². The Morgan fingerprint density at radius 2 is 2.05 bits per heavy atom. The van der Waals surface area contributed by atoms with Crippen LogP contribution in [-0.2, 0) is 0 Å². The molecule has 0 radical (unpaired) electrons. The maximum atomic E-state index is 4.29. The summed E-state index contributed by atoms with van der Waals surface area (Å²) in [6.45, 7) is 7.44. The van der Waals surface area contributed by atoms with E-state index in [4.69, 9.17) is 0 Å². The zero-order chi connectivity index (χ0) is 15.2. The van der Waals surface area contributed by atoms with Gasteiger partial charge in [-0.1, -0.05) is 34.1 Å². The van der Waals surface area contributed by atoms with Crippen LogP contribution in [0.15, 0.2) is 33.7 Å². The molecule has 0 spiro atoms. The van der Waals surface area contributed by atoms with Crippen molar-refractivity contribution in [2.45, 2.75) is 31.6 Å². The minimum absolute atomic E-state index is 0.189. The molecule has 3 nitrogen and oxygen atoms in total. The zero-order valence-corrected chi connectivity index (χ0v) is 15.2. The smallest absolute Gasteiger partial charge is 0.191 e. The molecular weight excluding hydrogens is 334 g/mol. The Morgan fingerprint density at radius 3 is 2.60 bits per heavy atom. The molecule has 0 aliphatic rings. The fourth-order valence-electron chi connectivity index (χ4n) is 1.67. The normalized spacial score (nSPS) is 14.0. The van der Waals surface area contributed by atoms with Crippen molar-refractivity contribution in [3.63, 3.8) is 0 Å². The minimum atomic E-state index is 0.189. The molecule has 1 rings (SSSR count). The van der Waals surface area contributed by atoms with Gasteiger partial charge < -0.3 is 10.6 Å². The van der Waals surface area contributed by atoms with E-state index in [2.05, 4.69) is 70.7 Å². The van der Waals surface area contributed by atoms with Gasteiger partial charge in [0.2, 0.25) is 0 Å². The van der Waals surface area contributed by atoms with Crippen LogP contribution >= 0.6 is 27.7 Å². The molecule has 1 aromatic rings. The Kier molecular flexibility index (Phi) is 6.89. The van der Waals surface area contributed by atoms with Gasteiger partial charge in [-0.3, -0.25) is 4.99 Å².